The third-order valence-corrected chi connectivity index (χ3v) is 2.39. The number of nitrogens with one attached hydrogen (secondary N) is 1. The summed E-state index contributed by atoms with van der Waals surface area (Å²) in [4.78, 5) is 13.7. The van der Waals surface area contributed by atoms with Crippen LogP contribution in [0.15, 0.2) is 41.3 Å². The van der Waals surface area contributed by atoms with Gasteiger partial charge in [-0.25, -0.2) is 0 Å². The summed E-state index contributed by atoms with van der Waals surface area (Å²) < 4.78 is 0. The Morgan fingerprint density at radius 2 is 2.00 bits per heavy atom. The monoisotopic (exact) mass is 200 g/mol. The fourth-order valence-corrected chi connectivity index (χ4v) is 1.55. The Hall–Kier alpha value is -2.03. The molecule has 3 heteroatoms. The van der Waals surface area contributed by atoms with E-state index in [4.69, 9.17) is 5.73 Å². The molecule has 0 fully saturated rings. The molecule has 15 heavy (non-hydrogen) atoms. The predicted octanol–water partition coefficient (Wildman–Crippen LogP) is 1.93. The van der Waals surface area contributed by atoms with Gasteiger partial charge < -0.3 is 10.7 Å². The summed E-state index contributed by atoms with van der Waals surface area (Å²) in [5, 5.41) is 0. The second kappa shape index (κ2) is 3.61. The molecule has 1 aromatic heterocycles. The Balaban J connectivity index is 2.60. The molecule has 76 valence electrons. The van der Waals surface area contributed by atoms with Gasteiger partial charge in [-0.05, 0) is 24.1 Å². The molecule has 0 unspecified atom stereocenters. The second-order valence-electron chi connectivity index (χ2n) is 3.49. The van der Waals surface area contributed by atoms with E-state index in [0.717, 1.165) is 16.7 Å². The highest BCUT2D eigenvalue weighted by Crippen LogP contribution is 2.22. The normalized spacial score (nSPS) is 10.2. The van der Waals surface area contributed by atoms with E-state index in [9.17, 15) is 4.79 Å². The maximum atomic E-state index is 11.1. The lowest BCUT2D eigenvalue weighted by atomic mass is 10.0. The van der Waals surface area contributed by atoms with Crippen molar-refractivity contribution in [1.82, 2.24) is 4.98 Å². The van der Waals surface area contributed by atoms with Gasteiger partial charge in [-0.3, -0.25) is 4.79 Å². The summed E-state index contributed by atoms with van der Waals surface area (Å²) in [7, 11) is 0. The lowest BCUT2D eigenvalue weighted by Crippen LogP contribution is -2.10. The third-order valence-electron chi connectivity index (χ3n) is 2.39. The van der Waals surface area contributed by atoms with E-state index >= 15 is 0 Å². The number of nitrogens with two attached hydrogens (primary N) is 1. The number of pyridine rings is 1. The molecule has 1 heterocycles. The number of rotatable bonds is 1. The van der Waals surface area contributed by atoms with Crippen LogP contribution in [0.2, 0.25) is 0 Å². The van der Waals surface area contributed by atoms with E-state index in [0.29, 0.717) is 0 Å². The number of anilines is 1. The van der Waals surface area contributed by atoms with Crippen molar-refractivity contribution in [3.8, 4) is 11.1 Å². The van der Waals surface area contributed by atoms with E-state index in [1.54, 1.807) is 12.3 Å². The summed E-state index contributed by atoms with van der Waals surface area (Å²) in [5.74, 6) is 0. The van der Waals surface area contributed by atoms with Gasteiger partial charge in [0.25, 0.3) is 5.56 Å². The highest BCUT2D eigenvalue weighted by atomic mass is 16.1. The maximum absolute atomic E-state index is 11.1. The van der Waals surface area contributed by atoms with Crippen molar-refractivity contribution >= 4 is 5.69 Å². The van der Waals surface area contributed by atoms with Gasteiger partial charge in [0, 0.05) is 11.8 Å². The van der Waals surface area contributed by atoms with Gasteiger partial charge in [0.05, 0.1) is 5.69 Å². The van der Waals surface area contributed by atoms with Crippen LogP contribution in [0.4, 0.5) is 5.69 Å². The van der Waals surface area contributed by atoms with Crippen molar-refractivity contribution in [3.05, 3.63) is 52.4 Å². The van der Waals surface area contributed by atoms with E-state index in [1.807, 2.05) is 31.2 Å². The van der Waals surface area contributed by atoms with Crippen molar-refractivity contribution in [2.45, 2.75) is 6.92 Å². The minimum Gasteiger partial charge on any atom is -0.394 e. The number of benzene rings is 1. The fraction of sp³-hybridized carbons (Fsp3) is 0.0833. The molecule has 0 radical (unpaired) electrons. The molecular weight excluding hydrogens is 188 g/mol. The topological polar surface area (TPSA) is 58.9 Å². The molecule has 1 aromatic carbocycles. The fourth-order valence-electron chi connectivity index (χ4n) is 1.55. The first-order valence-corrected chi connectivity index (χ1v) is 4.72. The van der Waals surface area contributed by atoms with Crippen molar-refractivity contribution in [1.29, 1.82) is 0 Å². The molecule has 0 saturated heterocycles. The standard InChI is InChI=1S/C12H12N2O/c1-8-4-2-3-5-10(8)9-6-11(13)12(15)14-7-9/h2-7H,13H2,1H3,(H,14,15). The van der Waals surface area contributed by atoms with Crippen LogP contribution in [0.3, 0.4) is 0 Å². The molecule has 3 N–H and O–H groups in total. The number of aromatic amines is 1. The minimum atomic E-state index is -0.243. The molecule has 2 aromatic rings. The molecular formula is C12H12N2O. The number of hydrogen-bond donors (Lipinski definition) is 2. The Bertz CT molecular complexity index is 543. The largest absolute Gasteiger partial charge is 0.394 e. The van der Waals surface area contributed by atoms with Crippen LogP contribution < -0.4 is 11.3 Å². The van der Waals surface area contributed by atoms with Crippen LogP contribution in [-0.2, 0) is 0 Å². The molecule has 0 spiro atoms. The Labute approximate surface area is 87.6 Å². The smallest absolute Gasteiger partial charge is 0.271 e. The predicted molar refractivity (Wildman–Crippen MR) is 61.6 cm³/mol. The van der Waals surface area contributed by atoms with Gasteiger partial charge in [0.15, 0.2) is 0 Å². The molecule has 0 aliphatic rings. The first-order valence-electron chi connectivity index (χ1n) is 4.72. The van der Waals surface area contributed by atoms with Crippen molar-refractivity contribution in [3.63, 3.8) is 0 Å². The molecule has 2 rings (SSSR count). The van der Waals surface area contributed by atoms with Crippen LogP contribution in [0, 0.1) is 6.92 Å². The molecule has 0 bridgehead atoms. The first-order chi connectivity index (χ1) is 7.18. The summed E-state index contributed by atoms with van der Waals surface area (Å²) in [6.07, 6.45) is 1.68. The van der Waals surface area contributed by atoms with Crippen LogP contribution in [-0.4, -0.2) is 4.98 Å². The van der Waals surface area contributed by atoms with Crippen LogP contribution in [0.5, 0.6) is 0 Å². The summed E-state index contributed by atoms with van der Waals surface area (Å²) >= 11 is 0. The van der Waals surface area contributed by atoms with E-state index < -0.39 is 0 Å². The molecule has 0 amide bonds. The van der Waals surface area contributed by atoms with Gasteiger partial charge in [0.2, 0.25) is 0 Å². The van der Waals surface area contributed by atoms with Gasteiger partial charge in [0.1, 0.15) is 0 Å². The first kappa shape index (κ1) is 9.52. The summed E-state index contributed by atoms with van der Waals surface area (Å²) in [6.45, 7) is 2.02. The van der Waals surface area contributed by atoms with Crippen molar-refractivity contribution in [2.75, 3.05) is 5.73 Å². The van der Waals surface area contributed by atoms with Crippen LogP contribution in [0.1, 0.15) is 5.56 Å². The lowest BCUT2D eigenvalue weighted by Gasteiger charge is -2.05. The van der Waals surface area contributed by atoms with E-state index in [-0.39, 0.29) is 11.2 Å². The summed E-state index contributed by atoms with van der Waals surface area (Å²) in [5.41, 5.74) is 8.74. The van der Waals surface area contributed by atoms with E-state index in [1.165, 1.54) is 0 Å². The average molecular weight is 200 g/mol. The zero-order chi connectivity index (χ0) is 10.8. The van der Waals surface area contributed by atoms with E-state index in [2.05, 4.69) is 4.98 Å². The summed E-state index contributed by atoms with van der Waals surface area (Å²) in [6, 6.07) is 9.66. The van der Waals surface area contributed by atoms with Gasteiger partial charge >= 0.3 is 0 Å². The minimum absolute atomic E-state index is 0.243. The molecule has 0 aliphatic heterocycles. The molecule has 3 nitrogen and oxygen atoms in total. The van der Waals surface area contributed by atoms with Crippen molar-refractivity contribution in [2.24, 2.45) is 0 Å². The molecule has 0 atom stereocenters. The number of aryl methyl sites for hydroxylation is 1. The van der Waals surface area contributed by atoms with Gasteiger partial charge in [-0.15, -0.1) is 0 Å². The van der Waals surface area contributed by atoms with Gasteiger partial charge in [-0.2, -0.15) is 0 Å². The van der Waals surface area contributed by atoms with Gasteiger partial charge in [-0.1, -0.05) is 24.3 Å². The van der Waals surface area contributed by atoms with Crippen LogP contribution in [0.25, 0.3) is 11.1 Å². The average Bonchev–Trinajstić information content (AvgIpc) is 2.23. The number of H-pyrrole nitrogens is 1. The quantitative estimate of drug-likeness (QED) is 0.739. The number of aromatic nitrogens is 1. The second-order valence-corrected chi connectivity index (χ2v) is 3.49. The Morgan fingerprint density at radius 3 is 2.67 bits per heavy atom. The number of nitrogen functional groups attached to an aromatic ring is 1. The van der Waals surface area contributed by atoms with Crippen molar-refractivity contribution < 1.29 is 0 Å². The maximum Gasteiger partial charge on any atom is 0.271 e. The SMILES string of the molecule is Cc1ccccc1-c1c[nH]c(=O)c(N)c1. The molecule has 0 saturated carbocycles. The highest BCUT2D eigenvalue weighted by molar-refractivity contribution is 5.68. The van der Waals surface area contributed by atoms with Crippen LogP contribution >= 0.6 is 0 Å². The zero-order valence-electron chi connectivity index (χ0n) is 8.45. The number of hydrogen-bond acceptors (Lipinski definition) is 2. The highest BCUT2D eigenvalue weighted by Gasteiger charge is 2.02. The third kappa shape index (κ3) is 1.76. The lowest BCUT2D eigenvalue weighted by molar-refractivity contribution is 1.24. The molecule has 0 aliphatic carbocycles. The Kier molecular flexibility index (Phi) is 2.29. The zero-order valence-corrected chi connectivity index (χ0v) is 8.45. The Morgan fingerprint density at radius 1 is 1.27 bits per heavy atom.